The number of ether oxygens (including phenoxy) is 2. The van der Waals surface area contributed by atoms with Crippen LogP contribution in [-0.2, 0) is 6.61 Å². The van der Waals surface area contributed by atoms with Crippen LogP contribution in [0.1, 0.15) is 42.2 Å². The molecule has 2 aliphatic rings. The van der Waals surface area contributed by atoms with Crippen molar-refractivity contribution in [1.29, 1.82) is 0 Å². The fourth-order valence-corrected chi connectivity index (χ4v) is 5.80. The number of H-pyrrole nitrogens is 1. The molecule has 6 rings (SSSR count). The molecular formula is C32H42N4O6. The number of likely N-dealkylation sites (tertiary alicyclic amines) is 2. The molecule has 42 heavy (non-hydrogen) atoms. The molecule has 2 aromatic carbocycles. The number of hydrogen-bond acceptors (Lipinski definition) is 8. The molecule has 0 bridgehead atoms. The quantitative estimate of drug-likeness (QED) is 0.241. The van der Waals surface area contributed by atoms with Crippen molar-refractivity contribution in [2.45, 2.75) is 44.9 Å². The fraction of sp³-hybridized carbons (Fsp3) is 0.469. The van der Waals surface area contributed by atoms with Gasteiger partial charge in [-0.25, -0.2) is 4.79 Å². The van der Waals surface area contributed by atoms with Crippen LogP contribution >= 0.6 is 0 Å². The lowest BCUT2D eigenvalue weighted by Gasteiger charge is -2.36. The minimum absolute atomic E-state index is 0.0840. The van der Waals surface area contributed by atoms with Crippen LogP contribution in [0, 0.1) is 5.92 Å². The molecule has 5 N–H and O–H groups in total. The van der Waals surface area contributed by atoms with Gasteiger partial charge < -0.3 is 44.6 Å². The number of piperidine rings is 2. The summed E-state index contributed by atoms with van der Waals surface area (Å²) in [4.78, 5) is 19.0. The number of aromatic amines is 1. The van der Waals surface area contributed by atoms with E-state index in [-0.39, 0.29) is 18.4 Å². The van der Waals surface area contributed by atoms with Gasteiger partial charge in [0, 0.05) is 48.7 Å². The lowest BCUT2D eigenvalue weighted by Crippen LogP contribution is -2.47. The molecule has 10 heteroatoms. The largest absolute Gasteiger partial charge is 0.496 e. The average molecular weight is 579 g/mol. The van der Waals surface area contributed by atoms with Crippen LogP contribution in [0.15, 0.2) is 53.1 Å². The Balaban J connectivity index is 0.000000181. The Morgan fingerprint density at radius 1 is 1.07 bits per heavy atom. The highest BCUT2D eigenvalue weighted by molar-refractivity contribution is 5.96. The molecule has 0 saturated carbocycles. The lowest BCUT2D eigenvalue weighted by atomic mass is 9.97. The summed E-state index contributed by atoms with van der Waals surface area (Å²) in [5, 5.41) is 20.4. The zero-order valence-corrected chi connectivity index (χ0v) is 24.4. The van der Waals surface area contributed by atoms with Crippen LogP contribution in [0.5, 0.6) is 11.5 Å². The second-order valence-electron chi connectivity index (χ2n) is 11.4. The molecule has 4 heterocycles. The number of benzene rings is 2. The summed E-state index contributed by atoms with van der Waals surface area (Å²) in [6.07, 6.45) is 4.79. The first-order chi connectivity index (χ1) is 20.3. The maximum Gasteiger partial charge on any atom is 0.352 e. The SMILES string of the molecule is COc1cccc2occ(COc3cccc4[nH]c(C(=O)O)cc34)c12.C[C@H]1CN(CCN2CCC(N)CC2)CC[C@@H]1O. The van der Waals surface area contributed by atoms with Gasteiger partial charge in [0.2, 0.25) is 0 Å². The minimum atomic E-state index is -1.01. The summed E-state index contributed by atoms with van der Waals surface area (Å²) < 4.78 is 16.9. The number of nitrogens with zero attached hydrogens (tertiary/aromatic N) is 2. The number of carboxylic acids is 1. The molecule has 10 nitrogen and oxygen atoms in total. The highest BCUT2D eigenvalue weighted by Gasteiger charge is 2.24. The van der Waals surface area contributed by atoms with Gasteiger partial charge in [0.25, 0.3) is 0 Å². The normalized spacial score (nSPS) is 20.4. The first-order valence-corrected chi connectivity index (χ1v) is 14.7. The molecule has 2 fully saturated rings. The van der Waals surface area contributed by atoms with Crippen molar-refractivity contribution in [2.24, 2.45) is 11.7 Å². The van der Waals surface area contributed by atoms with Gasteiger partial charge in [0.1, 0.15) is 29.4 Å². The number of aliphatic hydroxyl groups excluding tert-OH is 1. The molecule has 2 aromatic heterocycles. The Labute approximate surface area is 246 Å². The number of fused-ring (bicyclic) bond motifs is 2. The van der Waals surface area contributed by atoms with E-state index in [0.29, 0.717) is 23.2 Å². The number of aromatic nitrogens is 1. The Hall–Kier alpha value is -3.57. The fourth-order valence-electron chi connectivity index (χ4n) is 5.80. The van der Waals surface area contributed by atoms with Gasteiger partial charge in [-0.15, -0.1) is 0 Å². The third-order valence-corrected chi connectivity index (χ3v) is 8.40. The van der Waals surface area contributed by atoms with Gasteiger partial charge in [-0.1, -0.05) is 19.1 Å². The molecule has 2 saturated heterocycles. The lowest BCUT2D eigenvalue weighted by molar-refractivity contribution is 0.0304. The first-order valence-electron chi connectivity index (χ1n) is 14.7. The van der Waals surface area contributed by atoms with Crippen molar-refractivity contribution >= 4 is 27.8 Å². The number of carbonyl (C=O) groups is 1. The number of nitrogens with one attached hydrogen (secondary N) is 1. The molecule has 0 unspecified atom stereocenters. The predicted molar refractivity (Wildman–Crippen MR) is 162 cm³/mol. The Morgan fingerprint density at radius 2 is 1.79 bits per heavy atom. The summed E-state index contributed by atoms with van der Waals surface area (Å²) in [6.45, 7) is 9.16. The third-order valence-electron chi connectivity index (χ3n) is 8.40. The smallest absolute Gasteiger partial charge is 0.352 e. The maximum atomic E-state index is 11.1. The molecule has 0 aliphatic carbocycles. The third kappa shape index (κ3) is 7.07. The molecule has 2 atom stereocenters. The first kappa shape index (κ1) is 29.9. The molecule has 0 spiro atoms. The standard InChI is InChI=1S/C19H15NO5.C13H27N3O/c1-23-16-6-3-7-17-18(16)11(10-25-17)9-24-15-5-2-4-13-12(15)8-14(20-13)19(21)22;1-11-10-16(7-4-13(11)17)9-8-15-5-2-12(14)3-6-15/h2-8,10,20H,9H2,1H3,(H,21,22);11-13,17H,2-10,14H2,1H3/t;11-,13-/m.0/s1. The van der Waals surface area contributed by atoms with Crippen molar-refractivity contribution in [2.75, 3.05) is 46.4 Å². The number of methoxy groups -OCH3 is 1. The van der Waals surface area contributed by atoms with Crippen LogP contribution in [0.4, 0.5) is 0 Å². The Morgan fingerprint density at radius 3 is 2.52 bits per heavy atom. The second-order valence-corrected chi connectivity index (χ2v) is 11.4. The van der Waals surface area contributed by atoms with E-state index in [1.165, 1.54) is 0 Å². The molecule has 2 aliphatic heterocycles. The van der Waals surface area contributed by atoms with Crippen molar-refractivity contribution in [3.63, 3.8) is 0 Å². The maximum absolute atomic E-state index is 11.1. The highest BCUT2D eigenvalue weighted by atomic mass is 16.5. The number of nitrogens with two attached hydrogens (primary N) is 1. The zero-order chi connectivity index (χ0) is 29.6. The van der Waals surface area contributed by atoms with Crippen molar-refractivity contribution in [3.05, 3.63) is 60.0 Å². The van der Waals surface area contributed by atoms with Crippen LogP contribution in [0.3, 0.4) is 0 Å². The number of rotatable bonds is 8. The van der Waals surface area contributed by atoms with E-state index in [9.17, 15) is 9.90 Å². The molecule has 0 amide bonds. The molecular weight excluding hydrogens is 536 g/mol. The molecule has 4 aromatic rings. The second kappa shape index (κ2) is 13.6. The predicted octanol–water partition coefficient (Wildman–Crippen LogP) is 4.31. The summed E-state index contributed by atoms with van der Waals surface area (Å²) >= 11 is 0. The monoisotopic (exact) mass is 578 g/mol. The Kier molecular flexibility index (Phi) is 9.69. The van der Waals surface area contributed by atoms with E-state index in [2.05, 4.69) is 21.7 Å². The van der Waals surface area contributed by atoms with E-state index < -0.39 is 5.97 Å². The van der Waals surface area contributed by atoms with Gasteiger partial charge in [-0.05, 0) is 68.6 Å². The van der Waals surface area contributed by atoms with Crippen LogP contribution in [0.2, 0.25) is 0 Å². The number of aliphatic hydroxyl groups is 1. The van der Waals surface area contributed by atoms with Gasteiger partial charge in [0.05, 0.1) is 24.9 Å². The van der Waals surface area contributed by atoms with Gasteiger partial charge in [-0.3, -0.25) is 0 Å². The van der Waals surface area contributed by atoms with Gasteiger partial charge in [-0.2, -0.15) is 0 Å². The Bertz CT molecular complexity index is 1470. The van der Waals surface area contributed by atoms with Gasteiger partial charge in [0.15, 0.2) is 0 Å². The summed E-state index contributed by atoms with van der Waals surface area (Å²) in [6, 6.07) is 13.0. The van der Waals surface area contributed by atoms with E-state index in [0.717, 1.165) is 86.2 Å². The van der Waals surface area contributed by atoms with E-state index in [1.54, 1.807) is 25.5 Å². The number of furan rings is 1. The van der Waals surface area contributed by atoms with Crippen LogP contribution < -0.4 is 15.2 Å². The van der Waals surface area contributed by atoms with Crippen LogP contribution in [-0.4, -0.2) is 89.5 Å². The highest BCUT2D eigenvalue weighted by Crippen LogP contribution is 2.32. The summed E-state index contributed by atoms with van der Waals surface area (Å²) in [7, 11) is 1.61. The van der Waals surface area contributed by atoms with E-state index >= 15 is 0 Å². The average Bonchev–Trinajstić information content (AvgIpc) is 3.63. The molecule has 226 valence electrons. The van der Waals surface area contributed by atoms with E-state index in [1.807, 2.05) is 30.3 Å². The summed E-state index contributed by atoms with van der Waals surface area (Å²) in [5.74, 6) is 0.745. The van der Waals surface area contributed by atoms with Crippen LogP contribution in [0.25, 0.3) is 21.9 Å². The van der Waals surface area contributed by atoms with Gasteiger partial charge >= 0.3 is 5.97 Å². The van der Waals surface area contributed by atoms with Crippen molar-refractivity contribution < 1.29 is 28.9 Å². The molecule has 0 radical (unpaired) electrons. The van der Waals surface area contributed by atoms with E-state index in [4.69, 9.17) is 24.7 Å². The van der Waals surface area contributed by atoms with Crippen molar-refractivity contribution in [3.8, 4) is 11.5 Å². The number of hydrogen-bond donors (Lipinski definition) is 4. The number of aromatic carboxylic acids is 1. The van der Waals surface area contributed by atoms with Crippen molar-refractivity contribution in [1.82, 2.24) is 14.8 Å². The minimum Gasteiger partial charge on any atom is -0.496 e. The summed E-state index contributed by atoms with van der Waals surface area (Å²) in [5.41, 5.74) is 8.33. The zero-order valence-electron chi connectivity index (χ0n) is 24.4. The topological polar surface area (TPSA) is 137 Å². The number of carboxylic acid groups (broad SMARTS) is 1.